The van der Waals surface area contributed by atoms with Crippen molar-refractivity contribution < 1.29 is 14.1 Å². The summed E-state index contributed by atoms with van der Waals surface area (Å²) in [6.07, 6.45) is 0.977. The number of amides is 2. The van der Waals surface area contributed by atoms with Crippen molar-refractivity contribution in [1.82, 2.24) is 10.5 Å². The molecule has 1 fully saturated rings. The third-order valence-corrected chi connectivity index (χ3v) is 4.34. The summed E-state index contributed by atoms with van der Waals surface area (Å²) in [5.41, 5.74) is 3.55. The molecule has 7 nitrogen and oxygen atoms in total. The Hall–Kier alpha value is -2.83. The van der Waals surface area contributed by atoms with Crippen LogP contribution in [-0.4, -0.2) is 36.6 Å². The standard InChI is InChI=1S/C18H22N4O3/c1-12-16(13(2)25-21-12)7-8-17(23)20-14-3-5-15(6-4-14)22-10-9-19-18(24)11-22/h3-6H,7-11H2,1-2H3,(H,19,24)(H,20,23). The van der Waals surface area contributed by atoms with E-state index in [9.17, 15) is 9.59 Å². The predicted octanol–water partition coefficient (Wildman–Crippen LogP) is 1.80. The Balaban J connectivity index is 1.54. The van der Waals surface area contributed by atoms with Crippen LogP contribution in [0.3, 0.4) is 0 Å². The van der Waals surface area contributed by atoms with E-state index in [2.05, 4.69) is 15.8 Å². The van der Waals surface area contributed by atoms with Crippen molar-refractivity contribution in [2.45, 2.75) is 26.7 Å². The molecule has 3 rings (SSSR count). The van der Waals surface area contributed by atoms with Crippen LogP contribution in [-0.2, 0) is 16.0 Å². The van der Waals surface area contributed by atoms with Crippen LogP contribution < -0.4 is 15.5 Å². The zero-order chi connectivity index (χ0) is 17.8. The maximum atomic E-state index is 12.1. The Morgan fingerprint density at radius 3 is 2.72 bits per heavy atom. The summed E-state index contributed by atoms with van der Waals surface area (Å²) in [6, 6.07) is 7.55. The molecule has 0 atom stereocenters. The number of aromatic nitrogens is 1. The van der Waals surface area contributed by atoms with Gasteiger partial charge in [-0.2, -0.15) is 0 Å². The van der Waals surface area contributed by atoms with E-state index < -0.39 is 0 Å². The van der Waals surface area contributed by atoms with Crippen molar-refractivity contribution in [3.8, 4) is 0 Å². The van der Waals surface area contributed by atoms with Crippen LogP contribution in [0, 0.1) is 13.8 Å². The van der Waals surface area contributed by atoms with E-state index in [0.29, 0.717) is 25.9 Å². The van der Waals surface area contributed by atoms with Crippen LogP contribution in [0.5, 0.6) is 0 Å². The summed E-state index contributed by atoms with van der Waals surface area (Å²) < 4.78 is 5.11. The van der Waals surface area contributed by atoms with Gasteiger partial charge < -0.3 is 20.1 Å². The molecule has 1 aliphatic heterocycles. The minimum absolute atomic E-state index is 0.0305. The van der Waals surface area contributed by atoms with Crippen LogP contribution in [0.2, 0.25) is 0 Å². The molecule has 0 bridgehead atoms. The van der Waals surface area contributed by atoms with Gasteiger partial charge in [-0.15, -0.1) is 0 Å². The predicted molar refractivity (Wildman–Crippen MR) is 94.6 cm³/mol. The first-order valence-corrected chi connectivity index (χ1v) is 8.36. The molecule has 0 saturated carbocycles. The molecule has 1 saturated heterocycles. The SMILES string of the molecule is Cc1noc(C)c1CCC(=O)Nc1ccc(N2CCNC(=O)C2)cc1. The highest BCUT2D eigenvalue weighted by molar-refractivity contribution is 5.91. The first-order valence-electron chi connectivity index (χ1n) is 8.36. The molecule has 2 amide bonds. The van der Waals surface area contributed by atoms with Crippen LogP contribution in [0.25, 0.3) is 0 Å². The highest BCUT2D eigenvalue weighted by Crippen LogP contribution is 2.19. The fraction of sp³-hybridized carbons (Fsp3) is 0.389. The largest absolute Gasteiger partial charge is 0.361 e. The number of anilines is 2. The van der Waals surface area contributed by atoms with E-state index in [-0.39, 0.29) is 11.8 Å². The molecule has 2 heterocycles. The quantitative estimate of drug-likeness (QED) is 0.865. The van der Waals surface area contributed by atoms with Crippen molar-refractivity contribution in [3.05, 3.63) is 41.3 Å². The van der Waals surface area contributed by atoms with Crippen molar-refractivity contribution in [2.24, 2.45) is 0 Å². The number of rotatable bonds is 5. The third-order valence-electron chi connectivity index (χ3n) is 4.34. The van der Waals surface area contributed by atoms with Crippen LogP contribution >= 0.6 is 0 Å². The Morgan fingerprint density at radius 2 is 2.08 bits per heavy atom. The minimum Gasteiger partial charge on any atom is -0.361 e. The number of aryl methyl sites for hydroxylation is 2. The Labute approximate surface area is 146 Å². The molecule has 1 aromatic carbocycles. The van der Waals surface area contributed by atoms with Gasteiger partial charge in [0.25, 0.3) is 0 Å². The van der Waals surface area contributed by atoms with Crippen LogP contribution in [0.4, 0.5) is 11.4 Å². The van der Waals surface area contributed by atoms with Gasteiger partial charge in [-0.05, 0) is 44.5 Å². The van der Waals surface area contributed by atoms with Gasteiger partial charge in [-0.3, -0.25) is 9.59 Å². The van der Waals surface area contributed by atoms with Crippen molar-refractivity contribution in [3.63, 3.8) is 0 Å². The second kappa shape index (κ2) is 7.38. The van der Waals surface area contributed by atoms with Crippen molar-refractivity contribution in [1.29, 1.82) is 0 Å². The number of piperazine rings is 1. The summed E-state index contributed by atoms with van der Waals surface area (Å²) >= 11 is 0. The van der Waals surface area contributed by atoms with E-state index in [1.807, 2.05) is 43.0 Å². The lowest BCUT2D eigenvalue weighted by atomic mass is 10.1. The molecular weight excluding hydrogens is 320 g/mol. The number of hydrogen-bond donors (Lipinski definition) is 2. The molecule has 0 aliphatic carbocycles. The topological polar surface area (TPSA) is 87.5 Å². The lowest BCUT2D eigenvalue weighted by molar-refractivity contribution is -0.120. The molecule has 7 heteroatoms. The molecule has 1 aromatic heterocycles. The van der Waals surface area contributed by atoms with E-state index >= 15 is 0 Å². The maximum Gasteiger partial charge on any atom is 0.239 e. The van der Waals surface area contributed by atoms with Gasteiger partial charge in [0.15, 0.2) is 0 Å². The first kappa shape index (κ1) is 17.0. The van der Waals surface area contributed by atoms with E-state index in [1.54, 1.807) is 0 Å². The van der Waals surface area contributed by atoms with Crippen LogP contribution in [0.15, 0.2) is 28.8 Å². The Kier molecular flexibility index (Phi) is 5.02. The van der Waals surface area contributed by atoms with Gasteiger partial charge in [-0.1, -0.05) is 5.16 Å². The zero-order valence-electron chi connectivity index (χ0n) is 14.5. The normalized spacial score (nSPS) is 14.3. The van der Waals surface area contributed by atoms with E-state index in [0.717, 1.165) is 34.9 Å². The number of carbonyl (C=O) groups is 2. The van der Waals surface area contributed by atoms with Crippen LogP contribution in [0.1, 0.15) is 23.4 Å². The highest BCUT2D eigenvalue weighted by Gasteiger charge is 2.16. The highest BCUT2D eigenvalue weighted by atomic mass is 16.5. The number of nitrogens with one attached hydrogen (secondary N) is 2. The third kappa shape index (κ3) is 4.17. The molecule has 2 aromatic rings. The number of carbonyl (C=O) groups excluding carboxylic acids is 2. The number of hydrogen-bond acceptors (Lipinski definition) is 5. The summed E-state index contributed by atoms with van der Waals surface area (Å²) in [7, 11) is 0. The molecule has 25 heavy (non-hydrogen) atoms. The lowest BCUT2D eigenvalue weighted by Gasteiger charge is -2.28. The van der Waals surface area contributed by atoms with Gasteiger partial charge >= 0.3 is 0 Å². The lowest BCUT2D eigenvalue weighted by Crippen LogP contribution is -2.47. The van der Waals surface area contributed by atoms with Crippen molar-refractivity contribution in [2.75, 3.05) is 29.9 Å². The molecule has 0 unspecified atom stereocenters. The number of nitrogens with zero attached hydrogens (tertiary/aromatic N) is 2. The average Bonchev–Trinajstić information content (AvgIpc) is 2.92. The van der Waals surface area contributed by atoms with Gasteiger partial charge in [0, 0.05) is 36.4 Å². The Bertz CT molecular complexity index is 748. The molecule has 132 valence electrons. The monoisotopic (exact) mass is 342 g/mol. The zero-order valence-corrected chi connectivity index (χ0v) is 14.5. The van der Waals surface area contributed by atoms with Gasteiger partial charge in [0.05, 0.1) is 12.2 Å². The summed E-state index contributed by atoms with van der Waals surface area (Å²) in [5, 5.41) is 9.60. The molecule has 0 spiro atoms. The Morgan fingerprint density at radius 1 is 1.32 bits per heavy atom. The van der Waals surface area contributed by atoms with E-state index in [4.69, 9.17) is 4.52 Å². The molecule has 0 radical (unpaired) electrons. The average molecular weight is 342 g/mol. The maximum absolute atomic E-state index is 12.1. The first-order chi connectivity index (χ1) is 12.0. The second-order valence-corrected chi connectivity index (χ2v) is 6.17. The minimum atomic E-state index is -0.0508. The summed E-state index contributed by atoms with van der Waals surface area (Å²) in [4.78, 5) is 25.6. The smallest absolute Gasteiger partial charge is 0.239 e. The van der Waals surface area contributed by atoms with E-state index in [1.165, 1.54) is 0 Å². The van der Waals surface area contributed by atoms with Gasteiger partial charge in [-0.25, -0.2) is 0 Å². The fourth-order valence-corrected chi connectivity index (χ4v) is 2.94. The molecule has 2 N–H and O–H groups in total. The molecule has 1 aliphatic rings. The van der Waals surface area contributed by atoms with Crippen molar-refractivity contribution >= 4 is 23.2 Å². The summed E-state index contributed by atoms with van der Waals surface area (Å²) in [6.45, 7) is 5.53. The summed E-state index contributed by atoms with van der Waals surface area (Å²) in [5.74, 6) is 0.744. The second-order valence-electron chi connectivity index (χ2n) is 6.17. The fourth-order valence-electron chi connectivity index (χ4n) is 2.94. The number of benzene rings is 1. The molecular formula is C18H22N4O3. The van der Waals surface area contributed by atoms with Gasteiger partial charge in [0.2, 0.25) is 11.8 Å². The van der Waals surface area contributed by atoms with Gasteiger partial charge in [0.1, 0.15) is 5.76 Å².